The lowest BCUT2D eigenvalue weighted by Crippen LogP contribution is -2.00. The molecule has 0 heterocycles. The van der Waals surface area contributed by atoms with Crippen LogP contribution in [0.5, 0.6) is 0 Å². The number of benzene rings is 6. The third-order valence-electron chi connectivity index (χ3n) is 7.44. The summed E-state index contributed by atoms with van der Waals surface area (Å²) in [6, 6.07) is 29.1. The molecule has 10 heteroatoms. The highest BCUT2D eigenvalue weighted by atomic mass is 16.6. The minimum Gasteiger partial charge on any atom is -0.289 e. The Morgan fingerprint density at radius 3 is 1.83 bits per heavy atom. The summed E-state index contributed by atoms with van der Waals surface area (Å²) in [7, 11) is 0. The number of hydrogen-bond donors (Lipinski definition) is 0. The number of aryl methyl sites for hydroxylation is 1. The Labute approximate surface area is 236 Å². The van der Waals surface area contributed by atoms with Crippen LogP contribution in [0, 0.1) is 37.3 Å². The SMILES string of the molecule is Cc1cc2ccccc2c2c1ccc1ccccc12.O=C1c2cc([N+](=O)[O-])ccc2-c2c1cc([N+](=O)[O-])cc2[N+](=O)[O-]. The van der Waals surface area contributed by atoms with Gasteiger partial charge in [-0.2, -0.15) is 0 Å². The molecule has 0 radical (unpaired) electrons. The molecule has 0 spiro atoms. The quantitative estimate of drug-likeness (QED) is 0.121. The maximum absolute atomic E-state index is 12.3. The molecule has 204 valence electrons. The summed E-state index contributed by atoms with van der Waals surface area (Å²) in [4.78, 5) is 42.8. The first-order chi connectivity index (χ1) is 20.2. The van der Waals surface area contributed by atoms with E-state index in [9.17, 15) is 35.1 Å². The highest BCUT2D eigenvalue weighted by Crippen LogP contribution is 2.45. The molecule has 42 heavy (non-hydrogen) atoms. The predicted molar refractivity (Wildman–Crippen MR) is 159 cm³/mol. The largest absolute Gasteiger partial charge is 0.289 e. The molecule has 0 unspecified atom stereocenters. The number of ketones is 1. The van der Waals surface area contributed by atoms with Crippen LogP contribution in [-0.4, -0.2) is 20.6 Å². The monoisotopic (exact) mass is 557 g/mol. The molecule has 6 aromatic carbocycles. The van der Waals surface area contributed by atoms with E-state index in [1.165, 1.54) is 43.9 Å². The highest BCUT2D eigenvalue weighted by molar-refractivity contribution is 6.24. The van der Waals surface area contributed by atoms with Crippen molar-refractivity contribution in [2.75, 3.05) is 0 Å². The fraction of sp³-hybridized carbons (Fsp3) is 0.0312. The first-order valence-electron chi connectivity index (χ1n) is 12.8. The lowest BCUT2D eigenvalue weighted by Gasteiger charge is -2.10. The Bertz CT molecular complexity index is 2160. The Balaban J connectivity index is 0.000000153. The van der Waals surface area contributed by atoms with Crippen molar-refractivity contribution in [1.29, 1.82) is 0 Å². The fourth-order valence-corrected chi connectivity index (χ4v) is 5.57. The van der Waals surface area contributed by atoms with Gasteiger partial charge in [0.15, 0.2) is 5.78 Å². The van der Waals surface area contributed by atoms with Gasteiger partial charge in [0.05, 0.1) is 26.4 Å². The van der Waals surface area contributed by atoms with Crippen molar-refractivity contribution in [2.24, 2.45) is 0 Å². The van der Waals surface area contributed by atoms with E-state index in [0.717, 1.165) is 24.3 Å². The van der Waals surface area contributed by atoms with Crippen molar-refractivity contribution in [3.8, 4) is 11.1 Å². The van der Waals surface area contributed by atoms with Crippen LogP contribution in [-0.2, 0) is 0 Å². The molecule has 0 fully saturated rings. The molecule has 1 aliphatic carbocycles. The summed E-state index contributed by atoms with van der Waals surface area (Å²) in [5.41, 5.74) is -0.380. The minimum absolute atomic E-state index is 0.0597. The van der Waals surface area contributed by atoms with Gasteiger partial charge in [0, 0.05) is 34.9 Å². The van der Waals surface area contributed by atoms with Gasteiger partial charge in [-0.3, -0.25) is 35.1 Å². The van der Waals surface area contributed by atoms with Gasteiger partial charge in [-0.1, -0.05) is 66.7 Å². The molecule has 1 aliphatic rings. The van der Waals surface area contributed by atoms with Gasteiger partial charge in [-0.25, -0.2) is 0 Å². The van der Waals surface area contributed by atoms with E-state index in [4.69, 9.17) is 0 Å². The second-order valence-corrected chi connectivity index (χ2v) is 9.84. The molecule has 0 saturated heterocycles. The zero-order chi connectivity index (χ0) is 29.7. The van der Waals surface area contributed by atoms with Gasteiger partial charge in [-0.15, -0.1) is 0 Å². The smallest absolute Gasteiger partial charge is 0.284 e. The number of non-ortho nitro benzene ring substituents is 2. The van der Waals surface area contributed by atoms with Crippen molar-refractivity contribution < 1.29 is 19.6 Å². The first-order valence-corrected chi connectivity index (χ1v) is 12.8. The maximum atomic E-state index is 12.3. The van der Waals surface area contributed by atoms with E-state index < -0.39 is 31.9 Å². The number of nitro groups is 3. The molecule has 0 aromatic heterocycles. The van der Waals surface area contributed by atoms with Crippen molar-refractivity contribution in [2.45, 2.75) is 6.92 Å². The van der Waals surface area contributed by atoms with E-state index in [0.29, 0.717) is 0 Å². The molecule has 7 rings (SSSR count). The van der Waals surface area contributed by atoms with Gasteiger partial charge in [0.1, 0.15) is 0 Å². The molecule has 0 amide bonds. The van der Waals surface area contributed by atoms with Crippen LogP contribution in [0.25, 0.3) is 43.4 Å². The second kappa shape index (κ2) is 9.86. The van der Waals surface area contributed by atoms with Gasteiger partial charge < -0.3 is 0 Å². The second-order valence-electron chi connectivity index (χ2n) is 9.84. The lowest BCUT2D eigenvalue weighted by atomic mass is 9.94. The molecule has 6 aromatic rings. The Morgan fingerprint density at radius 1 is 0.548 bits per heavy atom. The molecule has 0 atom stereocenters. The van der Waals surface area contributed by atoms with Crippen LogP contribution in [0.2, 0.25) is 0 Å². The van der Waals surface area contributed by atoms with E-state index in [2.05, 4.69) is 73.7 Å². The van der Waals surface area contributed by atoms with Crippen LogP contribution in [0.4, 0.5) is 17.1 Å². The van der Waals surface area contributed by atoms with Crippen LogP contribution >= 0.6 is 0 Å². The van der Waals surface area contributed by atoms with E-state index in [1.54, 1.807) is 0 Å². The van der Waals surface area contributed by atoms with Crippen molar-refractivity contribution in [1.82, 2.24) is 0 Å². The summed E-state index contributed by atoms with van der Waals surface area (Å²) in [6.07, 6.45) is 0. The van der Waals surface area contributed by atoms with Gasteiger partial charge in [0.25, 0.3) is 17.1 Å². The van der Waals surface area contributed by atoms with E-state index >= 15 is 0 Å². The van der Waals surface area contributed by atoms with Crippen molar-refractivity contribution in [3.63, 3.8) is 0 Å². The summed E-state index contributed by atoms with van der Waals surface area (Å²) in [6.45, 7) is 2.20. The molecule has 10 nitrogen and oxygen atoms in total. The fourth-order valence-electron chi connectivity index (χ4n) is 5.57. The number of hydrogen-bond acceptors (Lipinski definition) is 7. The molecule has 0 bridgehead atoms. The average Bonchev–Trinajstić information content (AvgIpc) is 3.27. The number of rotatable bonds is 3. The Kier molecular flexibility index (Phi) is 6.15. The number of nitrogens with zero attached hydrogens (tertiary/aromatic N) is 3. The topological polar surface area (TPSA) is 146 Å². The minimum atomic E-state index is -0.841. The molecule has 0 saturated carbocycles. The zero-order valence-electron chi connectivity index (χ0n) is 21.9. The van der Waals surface area contributed by atoms with Crippen LogP contribution in [0.3, 0.4) is 0 Å². The Morgan fingerprint density at radius 2 is 1.17 bits per heavy atom. The van der Waals surface area contributed by atoms with Gasteiger partial charge in [-0.05, 0) is 50.9 Å². The summed E-state index contributed by atoms with van der Waals surface area (Å²) >= 11 is 0. The molecule has 0 N–H and O–H groups in total. The molecule has 0 aliphatic heterocycles. The number of carbonyl (C=O) groups excluding carboxylic acids is 1. The predicted octanol–water partition coefficient (Wildman–Crippen LogP) is 8.08. The normalized spacial score (nSPS) is 11.6. The van der Waals surface area contributed by atoms with Crippen LogP contribution < -0.4 is 0 Å². The van der Waals surface area contributed by atoms with Crippen LogP contribution in [0.15, 0.2) is 97.1 Å². The summed E-state index contributed by atoms with van der Waals surface area (Å²) in [5.74, 6) is -0.717. The van der Waals surface area contributed by atoms with E-state index in [-0.39, 0.29) is 27.9 Å². The lowest BCUT2D eigenvalue weighted by molar-refractivity contribution is -0.393. The number of fused-ring (bicyclic) bond motifs is 8. The summed E-state index contributed by atoms with van der Waals surface area (Å²) < 4.78 is 0. The molecular weight excluding hydrogens is 538 g/mol. The molecular formula is C32H19N3O7. The van der Waals surface area contributed by atoms with Crippen molar-refractivity contribution in [3.05, 3.63) is 144 Å². The zero-order valence-corrected chi connectivity index (χ0v) is 21.9. The van der Waals surface area contributed by atoms with Gasteiger partial charge in [0.2, 0.25) is 0 Å². The van der Waals surface area contributed by atoms with Crippen LogP contribution in [0.1, 0.15) is 21.5 Å². The average molecular weight is 558 g/mol. The highest BCUT2D eigenvalue weighted by Gasteiger charge is 2.36. The first kappa shape index (κ1) is 26.2. The summed E-state index contributed by atoms with van der Waals surface area (Å²) in [5, 5.41) is 40.9. The standard InChI is InChI=1S/C19H14.C13H5N3O7/c1-13-12-15-7-3-5-9-18(15)19-16(13)11-10-14-6-2-4-8-17(14)19;17-13-9-3-6(14(18)19)1-2-8(9)12-10(13)4-7(15(20)21)5-11(12)16(22)23/h2-12H,1H3;1-5H. The maximum Gasteiger partial charge on any atom is 0.284 e. The van der Waals surface area contributed by atoms with Crippen molar-refractivity contribution >= 4 is 55.2 Å². The number of carbonyl (C=O) groups is 1. The third kappa shape index (κ3) is 4.18. The Hall–Kier alpha value is -6.03. The van der Waals surface area contributed by atoms with E-state index in [1.807, 2.05) is 0 Å². The number of nitro benzene ring substituents is 3. The van der Waals surface area contributed by atoms with Gasteiger partial charge >= 0.3 is 0 Å². The third-order valence-corrected chi connectivity index (χ3v) is 7.44.